The van der Waals surface area contributed by atoms with Crippen LogP contribution < -0.4 is 5.63 Å². The van der Waals surface area contributed by atoms with Crippen molar-refractivity contribution in [2.75, 3.05) is 0 Å². The van der Waals surface area contributed by atoms with Gasteiger partial charge in [-0.3, -0.25) is 9.67 Å². The second-order valence-corrected chi connectivity index (χ2v) is 5.92. The smallest absolute Gasteiger partial charge is 0.348 e. The summed E-state index contributed by atoms with van der Waals surface area (Å²) in [4.78, 5) is 16.4. The van der Waals surface area contributed by atoms with Gasteiger partial charge in [0.1, 0.15) is 17.1 Å². The van der Waals surface area contributed by atoms with Gasteiger partial charge in [0, 0.05) is 11.5 Å². The minimum absolute atomic E-state index is 0.0447. The molecule has 2 heterocycles. The Morgan fingerprint density at radius 3 is 2.92 bits per heavy atom. The van der Waals surface area contributed by atoms with Gasteiger partial charge in [0.15, 0.2) is 5.15 Å². The van der Waals surface area contributed by atoms with Gasteiger partial charge in [-0.05, 0) is 32.0 Å². The molecule has 0 unspecified atom stereocenters. The van der Waals surface area contributed by atoms with Crippen LogP contribution >= 0.6 is 11.6 Å². The first-order chi connectivity index (χ1) is 11.9. The van der Waals surface area contributed by atoms with Crippen molar-refractivity contribution in [3.8, 4) is 5.75 Å². The predicted molar refractivity (Wildman–Crippen MR) is 98.2 cm³/mol. The summed E-state index contributed by atoms with van der Waals surface area (Å²) in [5.41, 5.74) is 1.18. The van der Waals surface area contributed by atoms with E-state index in [1.807, 2.05) is 12.1 Å². The maximum Gasteiger partial charge on any atom is 0.348 e. The van der Waals surface area contributed by atoms with Crippen molar-refractivity contribution >= 4 is 33.9 Å². The molecule has 0 aliphatic rings. The average molecular weight is 358 g/mol. The van der Waals surface area contributed by atoms with Gasteiger partial charge in [-0.25, -0.2) is 4.79 Å². The summed E-state index contributed by atoms with van der Waals surface area (Å²) in [6.45, 7) is 7.45. The zero-order valence-electron chi connectivity index (χ0n) is 13.8. The van der Waals surface area contributed by atoms with E-state index >= 15 is 0 Å². The first kappa shape index (κ1) is 17.0. The number of nitrogens with zero attached hydrogens (tertiary/aromatic N) is 3. The van der Waals surface area contributed by atoms with E-state index in [0.717, 1.165) is 10.9 Å². The van der Waals surface area contributed by atoms with E-state index in [1.165, 1.54) is 6.07 Å². The van der Waals surface area contributed by atoms with Crippen LogP contribution in [0.25, 0.3) is 10.9 Å². The van der Waals surface area contributed by atoms with E-state index in [2.05, 4.69) is 16.7 Å². The number of hydrogen-bond acceptors (Lipinski definition) is 5. The van der Waals surface area contributed by atoms with Crippen molar-refractivity contribution < 1.29 is 9.52 Å². The number of fused-ring (bicyclic) bond motifs is 1. The molecule has 0 saturated carbocycles. The number of rotatable bonds is 4. The summed E-state index contributed by atoms with van der Waals surface area (Å²) in [6.07, 6.45) is 1.72. The van der Waals surface area contributed by atoms with Gasteiger partial charge < -0.3 is 9.52 Å². The predicted octanol–water partition coefficient (Wildman–Crippen LogP) is 3.98. The molecule has 0 bridgehead atoms. The first-order valence-corrected chi connectivity index (χ1v) is 7.95. The lowest BCUT2D eigenvalue weighted by Crippen LogP contribution is -2.12. The normalized spacial score (nSPS) is 11.9. The molecule has 0 saturated heterocycles. The fraction of sp³-hybridized carbons (Fsp3) is 0.167. The van der Waals surface area contributed by atoms with Gasteiger partial charge in [0.05, 0.1) is 23.5 Å². The van der Waals surface area contributed by atoms with Crippen LogP contribution in [0.5, 0.6) is 5.75 Å². The number of aryl methyl sites for hydroxylation is 1. The Morgan fingerprint density at radius 1 is 1.48 bits per heavy atom. The molecule has 25 heavy (non-hydrogen) atoms. The second kappa shape index (κ2) is 6.57. The van der Waals surface area contributed by atoms with Crippen molar-refractivity contribution in [3.63, 3.8) is 0 Å². The molecular weight excluding hydrogens is 342 g/mol. The molecule has 7 heteroatoms. The lowest BCUT2D eigenvalue weighted by Gasteiger charge is -2.04. The maximum atomic E-state index is 12.0. The molecule has 3 aromatic rings. The molecule has 0 atom stereocenters. The third-order valence-corrected chi connectivity index (χ3v) is 3.98. The van der Waals surface area contributed by atoms with Crippen LogP contribution in [0.3, 0.4) is 0 Å². The molecule has 6 nitrogen and oxygen atoms in total. The number of aliphatic imine (C=N–C) groups is 1. The Morgan fingerprint density at radius 2 is 2.24 bits per heavy atom. The quantitative estimate of drug-likeness (QED) is 0.565. The highest BCUT2D eigenvalue weighted by molar-refractivity contribution is 6.34. The number of halogens is 1. The lowest BCUT2D eigenvalue weighted by atomic mass is 10.1. The van der Waals surface area contributed by atoms with Crippen LogP contribution in [-0.2, 0) is 6.54 Å². The zero-order valence-corrected chi connectivity index (χ0v) is 14.5. The van der Waals surface area contributed by atoms with E-state index in [4.69, 9.17) is 16.0 Å². The van der Waals surface area contributed by atoms with Crippen molar-refractivity contribution in [3.05, 3.63) is 63.8 Å². The van der Waals surface area contributed by atoms with Gasteiger partial charge in [0.25, 0.3) is 0 Å². The summed E-state index contributed by atoms with van der Waals surface area (Å²) in [5, 5.41) is 15.5. The maximum absolute atomic E-state index is 12.0. The number of allylic oxidation sites excluding steroid dienone is 1. The van der Waals surface area contributed by atoms with Gasteiger partial charge in [-0.15, -0.1) is 6.58 Å². The molecule has 0 aliphatic carbocycles. The van der Waals surface area contributed by atoms with Crippen LogP contribution in [0.15, 0.2) is 51.1 Å². The molecule has 0 amide bonds. The van der Waals surface area contributed by atoms with E-state index in [0.29, 0.717) is 28.9 Å². The third-order valence-electron chi connectivity index (χ3n) is 3.70. The number of hydrogen-bond donors (Lipinski definition) is 1. The van der Waals surface area contributed by atoms with E-state index in [9.17, 15) is 9.90 Å². The summed E-state index contributed by atoms with van der Waals surface area (Å²) in [6, 6.07) is 6.78. The summed E-state index contributed by atoms with van der Waals surface area (Å²) in [7, 11) is 0. The van der Waals surface area contributed by atoms with E-state index < -0.39 is 5.63 Å². The second-order valence-electron chi connectivity index (χ2n) is 5.57. The minimum atomic E-state index is -0.625. The molecule has 128 valence electrons. The monoisotopic (exact) mass is 357 g/mol. The Hall–Kier alpha value is -2.86. The Kier molecular flexibility index (Phi) is 4.46. The van der Waals surface area contributed by atoms with Gasteiger partial charge >= 0.3 is 5.63 Å². The molecule has 0 spiro atoms. The highest BCUT2D eigenvalue weighted by Gasteiger charge is 2.14. The molecule has 1 N–H and O–H groups in total. The van der Waals surface area contributed by atoms with E-state index in [1.54, 1.807) is 30.7 Å². The molecule has 2 aromatic heterocycles. The number of aromatic hydroxyl groups is 1. The minimum Gasteiger partial charge on any atom is -0.507 e. The fourth-order valence-corrected chi connectivity index (χ4v) is 2.88. The largest absolute Gasteiger partial charge is 0.507 e. The topological polar surface area (TPSA) is 80.6 Å². The van der Waals surface area contributed by atoms with Crippen LogP contribution in [0.2, 0.25) is 5.15 Å². The number of aromatic nitrogens is 2. The van der Waals surface area contributed by atoms with Crippen LogP contribution in [0.4, 0.5) is 5.69 Å². The van der Waals surface area contributed by atoms with Crippen molar-refractivity contribution in [2.45, 2.75) is 20.4 Å². The van der Waals surface area contributed by atoms with Gasteiger partial charge in [-0.2, -0.15) is 5.10 Å². The number of benzene rings is 1. The highest BCUT2D eigenvalue weighted by Crippen LogP contribution is 2.28. The molecule has 3 rings (SSSR count). The highest BCUT2D eigenvalue weighted by atomic mass is 35.5. The van der Waals surface area contributed by atoms with Crippen LogP contribution in [0.1, 0.15) is 18.2 Å². The molecule has 0 fully saturated rings. The lowest BCUT2D eigenvalue weighted by molar-refractivity contribution is 0.432. The molecular formula is C18H16ClN3O3. The van der Waals surface area contributed by atoms with Gasteiger partial charge in [0.2, 0.25) is 0 Å². The third kappa shape index (κ3) is 3.21. The zero-order chi connectivity index (χ0) is 18.1. The average Bonchev–Trinajstić information content (AvgIpc) is 2.82. The van der Waals surface area contributed by atoms with Crippen LogP contribution in [0, 0.1) is 6.92 Å². The molecule has 1 aromatic carbocycles. The van der Waals surface area contributed by atoms with Gasteiger partial charge in [-0.1, -0.05) is 17.7 Å². The van der Waals surface area contributed by atoms with Crippen molar-refractivity contribution in [1.29, 1.82) is 0 Å². The summed E-state index contributed by atoms with van der Waals surface area (Å²) < 4.78 is 6.75. The Balaban J connectivity index is 2.11. The summed E-state index contributed by atoms with van der Waals surface area (Å²) in [5.74, 6) is 0.180. The van der Waals surface area contributed by atoms with Crippen LogP contribution in [-0.4, -0.2) is 20.6 Å². The SMILES string of the molecule is C=CCn1nc(Cl)c2ccc(N=C(C)c3c(O)cc(C)oc3=O)cc21. The van der Waals surface area contributed by atoms with Crippen molar-refractivity contribution in [2.24, 2.45) is 4.99 Å². The fourth-order valence-electron chi connectivity index (χ4n) is 2.63. The Bertz CT molecular complexity index is 1060. The Labute approximate surface area is 148 Å². The standard InChI is InChI=1S/C18H16ClN3O3/c1-4-7-22-14-9-12(5-6-13(14)17(19)21-22)20-11(3)16-15(23)8-10(2)25-18(16)24/h4-6,8-9,23H,1,7H2,2-3H3. The van der Waals surface area contributed by atoms with Crippen molar-refractivity contribution in [1.82, 2.24) is 9.78 Å². The summed E-state index contributed by atoms with van der Waals surface area (Å²) >= 11 is 6.13. The molecule has 0 aliphatic heterocycles. The molecule has 0 radical (unpaired) electrons. The van der Waals surface area contributed by atoms with E-state index in [-0.39, 0.29) is 11.3 Å². The first-order valence-electron chi connectivity index (χ1n) is 7.57.